The lowest BCUT2D eigenvalue weighted by molar-refractivity contribution is -0.0653. The summed E-state index contributed by atoms with van der Waals surface area (Å²) in [5, 5.41) is 10.7. The molecule has 0 aliphatic heterocycles. The molecule has 0 amide bonds. The first kappa shape index (κ1) is 13.9. The van der Waals surface area contributed by atoms with Gasteiger partial charge in [-0.1, -0.05) is 60.1 Å². The molecule has 0 unspecified atom stereocenters. The van der Waals surface area contributed by atoms with Crippen molar-refractivity contribution in [1.82, 2.24) is 5.06 Å². The third-order valence-corrected chi connectivity index (χ3v) is 2.54. The van der Waals surface area contributed by atoms with Gasteiger partial charge in [-0.25, -0.2) is 0 Å². The van der Waals surface area contributed by atoms with E-state index in [-0.39, 0.29) is 13.1 Å². The Hall–Kier alpha value is -2.52. The smallest absolute Gasteiger partial charge is 0.0863 e. The van der Waals surface area contributed by atoms with Crippen LogP contribution in [-0.2, 0) is 0 Å². The highest BCUT2D eigenvalue weighted by Gasteiger charge is 1.93. The van der Waals surface area contributed by atoms with Crippen LogP contribution in [0.2, 0.25) is 0 Å². The Morgan fingerprint density at radius 2 is 1.10 bits per heavy atom. The normalized spacial score (nSPS) is 9.30. The van der Waals surface area contributed by atoms with Gasteiger partial charge in [0.05, 0.1) is 13.1 Å². The third kappa shape index (κ3) is 5.00. The Balaban J connectivity index is 1.81. The SMILES string of the molecule is ON(CC#Cc1ccccc1)CC#Cc1ccccc1. The quantitative estimate of drug-likeness (QED) is 0.664. The zero-order chi connectivity index (χ0) is 14.0. The van der Waals surface area contributed by atoms with Crippen LogP contribution in [-0.4, -0.2) is 23.4 Å². The van der Waals surface area contributed by atoms with Crippen LogP contribution in [0.15, 0.2) is 60.7 Å². The zero-order valence-electron chi connectivity index (χ0n) is 11.1. The second-order valence-corrected chi connectivity index (χ2v) is 4.16. The van der Waals surface area contributed by atoms with E-state index in [0.717, 1.165) is 16.2 Å². The van der Waals surface area contributed by atoms with Gasteiger partial charge in [0, 0.05) is 11.1 Å². The molecule has 0 aliphatic rings. The average molecular weight is 261 g/mol. The molecule has 2 rings (SSSR count). The summed E-state index contributed by atoms with van der Waals surface area (Å²) < 4.78 is 0. The Morgan fingerprint density at radius 1 is 0.700 bits per heavy atom. The lowest BCUT2D eigenvalue weighted by Gasteiger charge is -2.05. The molecule has 2 aromatic carbocycles. The molecule has 0 saturated carbocycles. The maximum atomic E-state index is 9.63. The molecule has 0 atom stereocenters. The molecular formula is C18H15NO. The number of hydrogen-bond acceptors (Lipinski definition) is 2. The predicted molar refractivity (Wildman–Crippen MR) is 80.0 cm³/mol. The number of benzene rings is 2. The summed E-state index contributed by atoms with van der Waals surface area (Å²) in [6.07, 6.45) is 0. The summed E-state index contributed by atoms with van der Waals surface area (Å²) in [6, 6.07) is 19.4. The lowest BCUT2D eigenvalue weighted by atomic mass is 10.2. The van der Waals surface area contributed by atoms with Crippen LogP contribution in [0.1, 0.15) is 11.1 Å². The fourth-order valence-electron chi connectivity index (χ4n) is 1.56. The number of nitrogens with zero attached hydrogens (tertiary/aromatic N) is 1. The van der Waals surface area contributed by atoms with Gasteiger partial charge < -0.3 is 5.21 Å². The van der Waals surface area contributed by atoms with E-state index in [0.29, 0.717) is 0 Å². The van der Waals surface area contributed by atoms with Crippen LogP contribution in [0.25, 0.3) is 0 Å². The molecule has 2 aromatic rings. The van der Waals surface area contributed by atoms with Crippen molar-refractivity contribution in [2.75, 3.05) is 13.1 Å². The molecule has 0 heterocycles. The maximum absolute atomic E-state index is 9.63. The van der Waals surface area contributed by atoms with Crippen molar-refractivity contribution in [1.29, 1.82) is 0 Å². The minimum absolute atomic E-state index is 0.276. The number of hydroxylamine groups is 2. The van der Waals surface area contributed by atoms with Crippen LogP contribution in [0.3, 0.4) is 0 Å². The van der Waals surface area contributed by atoms with Gasteiger partial charge in [-0.3, -0.25) is 0 Å². The topological polar surface area (TPSA) is 23.5 Å². The maximum Gasteiger partial charge on any atom is 0.0863 e. The molecule has 0 bridgehead atoms. The number of hydrogen-bond donors (Lipinski definition) is 1. The molecule has 1 N–H and O–H groups in total. The van der Waals surface area contributed by atoms with E-state index in [9.17, 15) is 5.21 Å². The van der Waals surface area contributed by atoms with Crippen molar-refractivity contribution >= 4 is 0 Å². The Bertz CT molecular complexity index is 582. The van der Waals surface area contributed by atoms with Gasteiger partial charge in [-0.15, -0.1) is 0 Å². The summed E-state index contributed by atoms with van der Waals surface area (Å²) in [5.74, 6) is 11.8. The lowest BCUT2D eigenvalue weighted by Crippen LogP contribution is -2.19. The molecule has 0 aromatic heterocycles. The molecule has 2 nitrogen and oxygen atoms in total. The van der Waals surface area contributed by atoms with Gasteiger partial charge in [0.15, 0.2) is 0 Å². The minimum atomic E-state index is 0.276. The fraction of sp³-hybridized carbons (Fsp3) is 0.111. The Morgan fingerprint density at radius 3 is 1.50 bits per heavy atom. The predicted octanol–water partition coefficient (Wildman–Crippen LogP) is 2.78. The Labute approximate surface area is 119 Å². The van der Waals surface area contributed by atoms with E-state index in [1.807, 2.05) is 60.7 Å². The van der Waals surface area contributed by atoms with Gasteiger partial charge in [0.25, 0.3) is 0 Å². The molecule has 0 aliphatic carbocycles. The van der Waals surface area contributed by atoms with Crippen molar-refractivity contribution in [2.24, 2.45) is 0 Å². The van der Waals surface area contributed by atoms with Crippen molar-refractivity contribution in [3.8, 4) is 23.7 Å². The fourth-order valence-corrected chi connectivity index (χ4v) is 1.56. The van der Waals surface area contributed by atoms with Crippen molar-refractivity contribution in [3.63, 3.8) is 0 Å². The molecule has 0 saturated heterocycles. The highest BCUT2D eigenvalue weighted by atomic mass is 16.5. The second-order valence-electron chi connectivity index (χ2n) is 4.16. The van der Waals surface area contributed by atoms with Crippen molar-refractivity contribution in [2.45, 2.75) is 0 Å². The summed E-state index contributed by atoms with van der Waals surface area (Å²) in [7, 11) is 0. The molecule has 20 heavy (non-hydrogen) atoms. The standard InChI is InChI=1S/C18H15NO/c20-19(15-7-13-17-9-3-1-4-10-17)16-8-14-18-11-5-2-6-12-18/h1-6,9-12,20H,15-16H2. The monoisotopic (exact) mass is 261 g/mol. The first-order chi connectivity index (χ1) is 9.84. The molecule has 2 heteroatoms. The molecule has 98 valence electrons. The summed E-state index contributed by atoms with van der Waals surface area (Å²) in [6.45, 7) is 0.552. The van der Waals surface area contributed by atoms with E-state index in [1.165, 1.54) is 0 Å². The van der Waals surface area contributed by atoms with E-state index in [1.54, 1.807) is 0 Å². The van der Waals surface area contributed by atoms with E-state index < -0.39 is 0 Å². The first-order valence-corrected chi connectivity index (χ1v) is 6.36. The second kappa shape index (κ2) is 7.81. The van der Waals surface area contributed by atoms with Gasteiger partial charge in [0.1, 0.15) is 0 Å². The third-order valence-electron chi connectivity index (χ3n) is 2.54. The van der Waals surface area contributed by atoms with Crippen LogP contribution in [0.4, 0.5) is 0 Å². The van der Waals surface area contributed by atoms with Gasteiger partial charge in [-0.2, -0.15) is 5.06 Å². The van der Waals surface area contributed by atoms with Gasteiger partial charge in [0.2, 0.25) is 0 Å². The highest BCUT2D eigenvalue weighted by Crippen LogP contribution is 1.95. The van der Waals surface area contributed by atoms with E-state index in [2.05, 4.69) is 23.7 Å². The van der Waals surface area contributed by atoms with Crippen LogP contribution >= 0.6 is 0 Å². The zero-order valence-corrected chi connectivity index (χ0v) is 11.1. The molecule has 0 spiro atoms. The molecular weight excluding hydrogens is 246 g/mol. The largest absolute Gasteiger partial charge is 0.312 e. The average Bonchev–Trinajstić information content (AvgIpc) is 2.49. The van der Waals surface area contributed by atoms with E-state index >= 15 is 0 Å². The van der Waals surface area contributed by atoms with Crippen LogP contribution in [0, 0.1) is 23.7 Å². The molecule has 0 radical (unpaired) electrons. The molecule has 0 fully saturated rings. The summed E-state index contributed by atoms with van der Waals surface area (Å²) in [4.78, 5) is 0. The van der Waals surface area contributed by atoms with Crippen LogP contribution < -0.4 is 0 Å². The van der Waals surface area contributed by atoms with Gasteiger partial charge >= 0.3 is 0 Å². The number of rotatable bonds is 2. The van der Waals surface area contributed by atoms with E-state index in [4.69, 9.17) is 0 Å². The first-order valence-electron chi connectivity index (χ1n) is 6.36. The summed E-state index contributed by atoms with van der Waals surface area (Å²) >= 11 is 0. The summed E-state index contributed by atoms with van der Waals surface area (Å²) in [5.41, 5.74) is 1.88. The van der Waals surface area contributed by atoms with Crippen molar-refractivity contribution in [3.05, 3.63) is 71.8 Å². The minimum Gasteiger partial charge on any atom is -0.312 e. The Kier molecular flexibility index (Phi) is 5.43. The van der Waals surface area contributed by atoms with Gasteiger partial charge in [-0.05, 0) is 24.3 Å². The van der Waals surface area contributed by atoms with Crippen molar-refractivity contribution < 1.29 is 5.21 Å². The highest BCUT2D eigenvalue weighted by molar-refractivity contribution is 5.34. The van der Waals surface area contributed by atoms with Crippen LogP contribution in [0.5, 0.6) is 0 Å².